The van der Waals surface area contributed by atoms with Gasteiger partial charge >= 0.3 is 0 Å². The highest BCUT2D eigenvalue weighted by atomic mass is 16.1. The number of amides is 1. The summed E-state index contributed by atoms with van der Waals surface area (Å²) in [5, 5.41) is 9.30. The maximum atomic E-state index is 11.3. The van der Waals surface area contributed by atoms with Crippen molar-refractivity contribution in [1.82, 2.24) is 15.5 Å². The largest absolute Gasteiger partial charge is 0.350 e. The van der Waals surface area contributed by atoms with E-state index >= 15 is 0 Å². The molecule has 1 aromatic rings. The van der Waals surface area contributed by atoms with Gasteiger partial charge in [-0.15, -0.1) is 0 Å². The normalized spacial score (nSPS) is 12.4. The maximum Gasteiger partial charge on any atom is 0.221 e. The molecule has 1 amide bonds. The Bertz CT molecular complexity index is 270. The highest BCUT2D eigenvalue weighted by Crippen LogP contribution is 1.95. The Kier molecular flexibility index (Phi) is 4.12. The van der Waals surface area contributed by atoms with Gasteiger partial charge in [0.05, 0.1) is 12.2 Å². The van der Waals surface area contributed by atoms with Gasteiger partial charge < -0.3 is 11.1 Å². The lowest BCUT2D eigenvalue weighted by Crippen LogP contribution is -2.30. The second kappa shape index (κ2) is 5.39. The molecule has 78 valence electrons. The van der Waals surface area contributed by atoms with Gasteiger partial charge in [0.1, 0.15) is 0 Å². The summed E-state index contributed by atoms with van der Waals surface area (Å²) in [6, 6.07) is 1.77. The zero-order valence-corrected chi connectivity index (χ0v) is 8.29. The molecule has 0 fully saturated rings. The molecule has 1 heterocycles. The zero-order chi connectivity index (χ0) is 10.4. The first-order valence-corrected chi connectivity index (χ1v) is 4.73. The molecule has 0 spiro atoms. The molecule has 0 aliphatic rings. The van der Waals surface area contributed by atoms with Crippen molar-refractivity contribution in [3.63, 3.8) is 0 Å². The van der Waals surface area contributed by atoms with E-state index in [0.717, 1.165) is 12.1 Å². The highest BCUT2D eigenvalue weighted by molar-refractivity contribution is 5.76. The van der Waals surface area contributed by atoms with Crippen LogP contribution >= 0.6 is 0 Å². The summed E-state index contributed by atoms with van der Waals surface area (Å²) >= 11 is 0. The highest BCUT2D eigenvalue weighted by Gasteiger charge is 2.06. The van der Waals surface area contributed by atoms with E-state index in [-0.39, 0.29) is 11.9 Å². The number of carbonyl (C=O) groups excluding carboxylic acids is 1. The van der Waals surface area contributed by atoms with Crippen LogP contribution in [0.2, 0.25) is 0 Å². The van der Waals surface area contributed by atoms with E-state index in [1.807, 2.05) is 13.0 Å². The summed E-state index contributed by atoms with van der Waals surface area (Å²) < 4.78 is 0. The molecular weight excluding hydrogens is 180 g/mol. The number of rotatable bonds is 5. The molecule has 0 saturated heterocycles. The van der Waals surface area contributed by atoms with Crippen LogP contribution < -0.4 is 11.1 Å². The molecular formula is C9H16N4O. The van der Waals surface area contributed by atoms with E-state index < -0.39 is 0 Å². The molecule has 0 aliphatic carbocycles. The first kappa shape index (κ1) is 10.7. The van der Waals surface area contributed by atoms with Crippen molar-refractivity contribution in [3.8, 4) is 0 Å². The van der Waals surface area contributed by atoms with Crippen LogP contribution in [-0.4, -0.2) is 22.1 Å². The van der Waals surface area contributed by atoms with Crippen molar-refractivity contribution >= 4 is 5.91 Å². The molecule has 1 atom stereocenters. The van der Waals surface area contributed by atoms with Crippen molar-refractivity contribution in [2.75, 3.05) is 0 Å². The van der Waals surface area contributed by atoms with Crippen molar-refractivity contribution in [2.24, 2.45) is 5.73 Å². The molecule has 0 aromatic carbocycles. The lowest BCUT2D eigenvalue weighted by molar-refractivity contribution is -0.121. The lowest BCUT2D eigenvalue weighted by atomic mass is 10.1. The van der Waals surface area contributed by atoms with Crippen LogP contribution in [0.3, 0.4) is 0 Å². The van der Waals surface area contributed by atoms with Gasteiger partial charge in [-0.2, -0.15) is 5.10 Å². The Morgan fingerprint density at radius 3 is 3.14 bits per heavy atom. The van der Waals surface area contributed by atoms with Gasteiger partial charge in [-0.25, -0.2) is 0 Å². The molecule has 0 bridgehead atoms. The molecule has 1 rings (SSSR count). The summed E-state index contributed by atoms with van der Waals surface area (Å²) in [5.74, 6) is -0.0195. The topological polar surface area (TPSA) is 83.8 Å². The quantitative estimate of drug-likeness (QED) is 0.627. The predicted molar refractivity (Wildman–Crippen MR) is 53.3 cm³/mol. The van der Waals surface area contributed by atoms with E-state index in [1.54, 1.807) is 6.20 Å². The minimum absolute atomic E-state index is 0.0195. The average Bonchev–Trinajstić information content (AvgIpc) is 2.67. The van der Waals surface area contributed by atoms with E-state index in [9.17, 15) is 4.79 Å². The number of aromatic amines is 1. The van der Waals surface area contributed by atoms with Crippen molar-refractivity contribution in [2.45, 2.75) is 32.4 Å². The molecule has 1 aromatic heterocycles. The third kappa shape index (κ3) is 3.57. The number of nitrogens with zero attached hydrogens (tertiary/aromatic N) is 1. The number of H-pyrrole nitrogens is 1. The van der Waals surface area contributed by atoms with E-state index in [4.69, 9.17) is 5.73 Å². The predicted octanol–water partition coefficient (Wildman–Crippen LogP) is 0.153. The van der Waals surface area contributed by atoms with Crippen LogP contribution in [0.25, 0.3) is 0 Å². The van der Waals surface area contributed by atoms with Gasteiger partial charge in [-0.1, -0.05) is 6.92 Å². The van der Waals surface area contributed by atoms with Crippen molar-refractivity contribution in [3.05, 3.63) is 18.0 Å². The van der Waals surface area contributed by atoms with Gasteiger partial charge in [-0.3, -0.25) is 9.89 Å². The van der Waals surface area contributed by atoms with E-state index in [1.165, 1.54) is 0 Å². The number of aromatic nitrogens is 2. The third-order valence-corrected chi connectivity index (χ3v) is 2.01. The molecule has 0 radical (unpaired) electrons. The molecule has 5 nitrogen and oxygen atoms in total. The maximum absolute atomic E-state index is 11.3. The average molecular weight is 196 g/mol. The number of nitrogens with one attached hydrogen (secondary N) is 2. The standard InChI is InChI=1S/C9H16N4O/c1-2-7(10)5-9(14)11-6-8-3-4-12-13-8/h3-4,7H,2,5-6,10H2,1H3,(H,11,14)(H,12,13). The van der Waals surface area contributed by atoms with Crippen LogP contribution in [0.5, 0.6) is 0 Å². The summed E-state index contributed by atoms with van der Waals surface area (Å²) in [6.45, 7) is 2.45. The number of nitrogens with two attached hydrogens (primary N) is 1. The number of hydrogen-bond acceptors (Lipinski definition) is 3. The monoisotopic (exact) mass is 196 g/mol. The minimum Gasteiger partial charge on any atom is -0.350 e. The van der Waals surface area contributed by atoms with Crippen molar-refractivity contribution in [1.29, 1.82) is 0 Å². The fourth-order valence-corrected chi connectivity index (χ4v) is 1.03. The van der Waals surface area contributed by atoms with Gasteiger partial charge in [0.25, 0.3) is 0 Å². The van der Waals surface area contributed by atoms with Gasteiger partial charge in [0.2, 0.25) is 5.91 Å². The van der Waals surface area contributed by atoms with Gasteiger partial charge in [0.15, 0.2) is 0 Å². The fraction of sp³-hybridized carbons (Fsp3) is 0.556. The van der Waals surface area contributed by atoms with E-state index in [2.05, 4.69) is 15.5 Å². The van der Waals surface area contributed by atoms with Crippen LogP contribution in [0.15, 0.2) is 12.3 Å². The van der Waals surface area contributed by atoms with Gasteiger partial charge in [0, 0.05) is 18.7 Å². The van der Waals surface area contributed by atoms with Crippen molar-refractivity contribution < 1.29 is 4.79 Å². The summed E-state index contributed by atoms with van der Waals surface area (Å²) in [4.78, 5) is 11.3. The third-order valence-electron chi connectivity index (χ3n) is 2.01. The molecule has 14 heavy (non-hydrogen) atoms. The Labute approximate surface area is 83.1 Å². The Hall–Kier alpha value is -1.36. The van der Waals surface area contributed by atoms with Crippen LogP contribution in [0.1, 0.15) is 25.5 Å². The summed E-state index contributed by atoms with van der Waals surface area (Å²) in [5.41, 5.74) is 6.53. The SMILES string of the molecule is CCC(N)CC(=O)NCc1ccn[nH]1. The number of carbonyl (C=O) groups is 1. The first-order valence-electron chi connectivity index (χ1n) is 4.73. The zero-order valence-electron chi connectivity index (χ0n) is 8.29. The Morgan fingerprint density at radius 2 is 2.57 bits per heavy atom. The Balaban J connectivity index is 2.22. The lowest BCUT2D eigenvalue weighted by Gasteiger charge is -2.08. The summed E-state index contributed by atoms with van der Waals surface area (Å²) in [7, 11) is 0. The number of hydrogen-bond donors (Lipinski definition) is 3. The second-order valence-corrected chi connectivity index (χ2v) is 3.23. The van der Waals surface area contributed by atoms with Crippen LogP contribution in [0.4, 0.5) is 0 Å². The smallest absolute Gasteiger partial charge is 0.221 e. The van der Waals surface area contributed by atoms with Crippen LogP contribution in [0, 0.1) is 0 Å². The Morgan fingerprint density at radius 1 is 1.79 bits per heavy atom. The van der Waals surface area contributed by atoms with Crippen LogP contribution in [-0.2, 0) is 11.3 Å². The molecule has 4 N–H and O–H groups in total. The molecule has 0 aliphatic heterocycles. The van der Waals surface area contributed by atoms with Gasteiger partial charge in [-0.05, 0) is 12.5 Å². The second-order valence-electron chi connectivity index (χ2n) is 3.23. The van der Waals surface area contributed by atoms with E-state index in [0.29, 0.717) is 13.0 Å². The molecule has 1 unspecified atom stereocenters. The first-order chi connectivity index (χ1) is 6.72. The minimum atomic E-state index is -0.0447. The molecule has 0 saturated carbocycles. The fourth-order valence-electron chi connectivity index (χ4n) is 1.03. The summed E-state index contributed by atoms with van der Waals surface area (Å²) in [6.07, 6.45) is 2.85. The molecule has 5 heteroatoms.